The van der Waals surface area contributed by atoms with Gasteiger partial charge in [-0.15, -0.1) is 0 Å². The second kappa shape index (κ2) is 10.4. The fraction of sp³-hybridized carbons (Fsp3) is 0.480. The number of rotatable bonds is 11. The first-order valence-corrected chi connectivity index (χ1v) is 11.0. The van der Waals surface area contributed by atoms with Crippen molar-refractivity contribution in [3.05, 3.63) is 64.7 Å². The van der Waals surface area contributed by atoms with Crippen molar-refractivity contribution in [3.63, 3.8) is 0 Å². The number of quaternary nitrogens is 1. The van der Waals surface area contributed by atoms with Crippen LogP contribution in [0.1, 0.15) is 29.5 Å². The SMILES string of the molecule is C[N+](C)(CCC1Cc2ccccc2C1)C[C@@H](O)COc1cc(CCC(=O)O)cc(F)c1F. The van der Waals surface area contributed by atoms with Gasteiger partial charge in [-0.2, -0.15) is 4.39 Å². The Labute approximate surface area is 187 Å². The Balaban J connectivity index is 1.48. The summed E-state index contributed by atoms with van der Waals surface area (Å²) in [6.45, 7) is 1.14. The normalized spacial score (nSPS) is 14.9. The third-order valence-electron chi connectivity index (χ3n) is 6.10. The first kappa shape index (κ1) is 24.1. The van der Waals surface area contributed by atoms with E-state index in [2.05, 4.69) is 24.3 Å². The van der Waals surface area contributed by atoms with Crippen LogP contribution < -0.4 is 4.74 Å². The number of benzene rings is 2. The highest BCUT2D eigenvalue weighted by molar-refractivity contribution is 5.67. The number of fused-ring (bicyclic) bond motifs is 1. The standard InChI is InChI=1S/C25H31F2NO4/c1-28(2,10-9-18-11-19-5-3-4-6-20(19)12-18)15-21(29)16-32-23-14-17(7-8-24(30)31)13-22(26)25(23)27/h3-6,13-14,18,21,29H,7-12,15-16H2,1-2H3/p+1/t21-/m1/s1. The van der Waals surface area contributed by atoms with Crippen LogP contribution in [0.3, 0.4) is 0 Å². The lowest BCUT2D eigenvalue weighted by molar-refractivity contribution is -0.894. The first-order chi connectivity index (χ1) is 15.1. The van der Waals surface area contributed by atoms with Gasteiger partial charge in [-0.25, -0.2) is 4.39 Å². The fourth-order valence-corrected chi connectivity index (χ4v) is 4.40. The molecule has 5 nitrogen and oxygen atoms in total. The van der Waals surface area contributed by atoms with E-state index in [0.717, 1.165) is 31.9 Å². The molecule has 0 saturated heterocycles. The van der Waals surface area contributed by atoms with Gasteiger partial charge in [0.1, 0.15) is 19.3 Å². The average Bonchev–Trinajstić information content (AvgIpc) is 3.15. The number of nitrogens with zero attached hydrogens (tertiary/aromatic N) is 1. The number of carboxylic acids is 1. The molecule has 0 aromatic heterocycles. The van der Waals surface area contributed by atoms with E-state index in [-0.39, 0.29) is 25.2 Å². The van der Waals surface area contributed by atoms with E-state index in [1.165, 1.54) is 17.2 Å². The summed E-state index contributed by atoms with van der Waals surface area (Å²) in [7, 11) is 4.08. The van der Waals surface area contributed by atoms with Crippen molar-refractivity contribution >= 4 is 5.97 Å². The number of halogens is 2. The Morgan fingerprint density at radius 2 is 1.84 bits per heavy atom. The number of aliphatic hydroxyl groups excluding tert-OH is 1. The first-order valence-electron chi connectivity index (χ1n) is 11.0. The van der Waals surface area contributed by atoms with Gasteiger partial charge in [0.2, 0.25) is 5.82 Å². The van der Waals surface area contributed by atoms with E-state index < -0.39 is 23.7 Å². The number of hydrogen-bond donors (Lipinski definition) is 2. The van der Waals surface area contributed by atoms with Gasteiger partial charge < -0.3 is 19.4 Å². The minimum atomic E-state index is -1.13. The van der Waals surface area contributed by atoms with Crippen molar-refractivity contribution in [2.45, 2.75) is 38.2 Å². The molecule has 32 heavy (non-hydrogen) atoms. The quantitative estimate of drug-likeness (QED) is 0.516. The van der Waals surface area contributed by atoms with Crippen LogP contribution in [0.15, 0.2) is 36.4 Å². The molecule has 1 aliphatic carbocycles. The van der Waals surface area contributed by atoms with E-state index >= 15 is 0 Å². The zero-order valence-corrected chi connectivity index (χ0v) is 18.7. The second-order valence-electron chi connectivity index (χ2n) is 9.42. The van der Waals surface area contributed by atoms with Crippen molar-refractivity contribution in [2.75, 3.05) is 33.8 Å². The number of aliphatic hydroxyl groups is 1. The number of carboxylic acid groups (broad SMARTS) is 1. The van der Waals surface area contributed by atoms with Crippen LogP contribution in [-0.4, -0.2) is 60.6 Å². The van der Waals surface area contributed by atoms with Gasteiger partial charge in [0.25, 0.3) is 0 Å². The molecule has 1 aliphatic rings. The Bertz CT molecular complexity index is 923. The van der Waals surface area contributed by atoms with Crippen molar-refractivity contribution in [1.82, 2.24) is 0 Å². The molecule has 3 rings (SSSR count). The summed E-state index contributed by atoms with van der Waals surface area (Å²) >= 11 is 0. The van der Waals surface area contributed by atoms with E-state index in [9.17, 15) is 18.7 Å². The molecule has 1 atom stereocenters. The van der Waals surface area contributed by atoms with Gasteiger partial charge >= 0.3 is 5.97 Å². The molecule has 0 fully saturated rings. The smallest absolute Gasteiger partial charge is 0.303 e. The lowest BCUT2D eigenvalue weighted by Crippen LogP contribution is -2.48. The molecular formula is C25H32F2NO4+. The largest absolute Gasteiger partial charge is 0.487 e. The number of ether oxygens (including phenoxy) is 1. The molecule has 0 saturated carbocycles. The minimum Gasteiger partial charge on any atom is -0.487 e. The lowest BCUT2D eigenvalue weighted by atomic mass is 10.0. The molecule has 0 spiro atoms. The zero-order valence-electron chi connectivity index (χ0n) is 18.7. The van der Waals surface area contributed by atoms with Gasteiger partial charge in [-0.05, 0) is 54.0 Å². The van der Waals surface area contributed by atoms with Gasteiger partial charge in [0.15, 0.2) is 11.6 Å². The Morgan fingerprint density at radius 1 is 1.19 bits per heavy atom. The molecule has 0 unspecified atom stereocenters. The maximum absolute atomic E-state index is 14.1. The number of aliphatic carboxylic acids is 1. The predicted octanol–water partition coefficient (Wildman–Crippen LogP) is 3.60. The molecule has 0 heterocycles. The van der Waals surface area contributed by atoms with Crippen LogP contribution in [0.25, 0.3) is 0 Å². The molecule has 0 radical (unpaired) electrons. The molecule has 0 bridgehead atoms. The maximum Gasteiger partial charge on any atom is 0.303 e. The summed E-state index contributed by atoms with van der Waals surface area (Å²) in [6, 6.07) is 10.8. The number of carbonyl (C=O) groups is 1. The summed E-state index contributed by atoms with van der Waals surface area (Å²) in [5.74, 6) is -2.95. The van der Waals surface area contributed by atoms with Crippen LogP contribution in [0.4, 0.5) is 8.78 Å². The molecule has 2 aromatic carbocycles. The number of hydrogen-bond acceptors (Lipinski definition) is 3. The summed E-state index contributed by atoms with van der Waals surface area (Å²) in [4.78, 5) is 10.7. The van der Waals surface area contributed by atoms with E-state index in [1.54, 1.807) is 0 Å². The third kappa shape index (κ3) is 6.74. The number of likely N-dealkylation sites (N-methyl/N-ethyl adjacent to an activating group) is 1. The van der Waals surface area contributed by atoms with Crippen LogP contribution in [-0.2, 0) is 24.1 Å². The van der Waals surface area contributed by atoms with Crippen molar-refractivity contribution in [2.24, 2.45) is 5.92 Å². The highest BCUT2D eigenvalue weighted by Crippen LogP contribution is 2.29. The van der Waals surface area contributed by atoms with Gasteiger partial charge in [-0.3, -0.25) is 4.79 Å². The van der Waals surface area contributed by atoms with E-state index in [0.29, 0.717) is 22.5 Å². The van der Waals surface area contributed by atoms with Crippen molar-refractivity contribution < 1.29 is 33.0 Å². The Hall–Kier alpha value is -2.51. The average molecular weight is 449 g/mol. The maximum atomic E-state index is 14.1. The van der Waals surface area contributed by atoms with Gasteiger partial charge in [0, 0.05) is 12.8 Å². The molecule has 2 N–H and O–H groups in total. The lowest BCUT2D eigenvalue weighted by Gasteiger charge is -2.32. The summed E-state index contributed by atoms with van der Waals surface area (Å²) in [5, 5.41) is 19.2. The third-order valence-corrected chi connectivity index (χ3v) is 6.10. The van der Waals surface area contributed by atoms with Crippen LogP contribution in [0, 0.1) is 17.6 Å². The predicted molar refractivity (Wildman–Crippen MR) is 118 cm³/mol. The van der Waals surface area contributed by atoms with Gasteiger partial charge in [0.05, 0.1) is 20.6 Å². The molecule has 174 valence electrons. The molecule has 0 aliphatic heterocycles. The monoisotopic (exact) mass is 448 g/mol. The molecule has 0 amide bonds. The fourth-order valence-electron chi connectivity index (χ4n) is 4.40. The summed E-state index contributed by atoms with van der Waals surface area (Å²) in [5.41, 5.74) is 3.19. The molecule has 2 aromatic rings. The molecular weight excluding hydrogens is 416 g/mol. The topological polar surface area (TPSA) is 66.8 Å². The van der Waals surface area contributed by atoms with Crippen LogP contribution in [0.5, 0.6) is 5.75 Å². The summed E-state index contributed by atoms with van der Waals surface area (Å²) < 4.78 is 33.9. The van der Waals surface area contributed by atoms with Crippen LogP contribution in [0.2, 0.25) is 0 Å². The van der Waals surface area contributed by atoms with Gasteiger partial charge in [-0.1, -0.05) is 24.3 Å². The Morgan fingerprint density at radius 3 is 2.47 bits per heavy atom. The Kier molecular flexibility index (Phi) is 7.85. The van der Waals surface area contributed by atoms with Crippen molar-refractivity contribution in [1.29, 1.82) is 0 Å². The van der Waals surface area contributed by atoms with E-state index in [4.69, 9.17) is 9.84 Å². The molecule has 7 heteroatoms. The highest BCUT2D eigenvalue weighted by Gasteiger charge is 2.26. The zero-order chi connectivity index (χ0) is 23.3. The highest BCUT2D eigenvalue weighted by atomic mass is 19.2. The summed E-state index contributed by atoms with van der Waals surface area (Å²) in [6.07, 6.45) is 2.25. The van der Waals surface area contributed by atoms with E-state index in [1.807, 2.05) is 14.1 Å². The minimum absolute atomic E-state index is 0.0698. The van der Waals surface area contributed by atoms with Crippen molar-refractivity contribution in [3.8, 4) is 5.75 Å². The number of aryl methyl sites for hydroxylation is 1. The van der Waals surface area contributed by atoms with Crippen LogP contribution >= 0.6 is 0 Å². The second-order valence-corrected chi connectivity index (χ2v) is 9.42.